The van der Waals surface area contributed by atoms with E-state index in [-0.39, 0.29) is 6.61 Å². The summed E-state index contributed by atoms with van der Waals surface area (Å²) in [6.07, 6.45) is 0. The van der Waals surface area contributed by atoms with Gasteiger partial charge in [0, 0.05) is 22.4 Å². The quantitative estimate of drug-likeness (QED) is 0.838. The lowest BCUT2D eigenvalue weighted by Gasteiger charge is -2.11. The second-order valence-electron chi connectivity index (χ2n) is 3.63. The smallest absolute Gasteiger partial charge is 0.0473 e. The first-order valence-corrected chi connectivity index (χ1v) is 5.82. The number of benzene rings is 1. The zero-order valence-electron chi connectivity index (χ0n) is 8.55. The largest absolute Gasteiger partial charge is 0.396 e. The molecule has 0 bridgehead atoms. The van der Waals surface area contributed by atoms with Gasteiger partial charge in [-0.2, -0.15) is 0 Å². The van der Waals surface area contributed by atoms with Crippen molar-refractivity contribution in [1.82, 2.24) is 0 Å². The second-order valence-corrected chi connectivity index (χ2v) is 4.79. The number of rotatable bonds is 4. The van der Waals surface area contributed by atoms with Crippen molar-refractivity contribution < 1.29 is 5.11 Å². The van der Waals surface area contributed by atoms with Gasteiger partial charge < -0.3 is 10.4 Å². The zero-order valence-corrected chi connectivity index (χ0v) is 10.7. The third kappa shape index (κ3) is 3.46. The normalized spacial score (nSPS) is 12.6. The van der Waals surface area contributed by atoms with Gasteiger partial charge in [0.15, 0.2) is 0 Å². The summed E-state index contributed by atoms with van der Waals surface area (Å²) in [4.78, 5) is 0. The van der Waals surface area contributed by atoms with Gasteiger partial charge >= 0.3 is 0 Å². The van der Waals surface area contributed by atoms with E-state index in [4.69, 9.17) is 5.11 Å². The fourth-order valence-corrected chi connectivity index (χ4v) is 1.57. The standard InChI is InChI=1S/C11H16INO/c1-8(7-14)6-13-10-4-3-9(2)11(12)5-10/h3-5,8,13-14H,6-7H2,1-2H3. The number of hydrogen-bond acceptors (Lipinski definition) is 2. The molecule has 78 valence electrons. The van der Waals surface area contributed by atoms with Gasteiger partial charge in [-0.25, -0.2) is 0 Å². The Labute approximate surface area is 98.9 Å². The van der Waals surface area contributed by atoms with Crippen LogP contribution in [-0.4, -0.2) is 18.3 Å². The molecule has 0 aromatic heterocycles. The summed E-state index contributed by atoms with van der Waals surface area (Å²) in [7, 11) is 0. The van der Waals surface area contributed by atoms with E-state index in [2.05, 4.69) is 53.0 Å². The Morgan fingerprint density at radius 1 is 1.50 bits per heavy atom. The van der Waals surface area contributed by atoms with Gasteiger partial charge in [-0.15, -0.1) is 0 Å². The molecule has 0 aliphatic heterocycles. The predicted molar refractivity (Wildman–Crippen MR) is 68.6 cm³/mol. The molecule has 0 fully saturated rings. The predicted octanol–water partition coefficient (Wildman–Crippen LogP) is 2.64. The number of anilines is 1. The van der Waals surface area contributed by atoms with Crippen molar-refractivity contribution in [2.45, 2.75) is 13.8 Å². The topological polar surface area (TPSA) is 32.3 Å². The lowest BCUT2D eigenvalue weighted by Crippen LogP contribution is -2.14. The molecule has 1 aromatic rings. The Morgan fingerprint density at radius 2 is 2.21 bits per heavy atom. The van der Waals surface area contributed by atoms with Crippen LogP contribution in [0.4, 0.5) is 5.69 Å². The number of halogens is 1. The van der Waals surface area contributed by atoms with E-state index in [9.17, 15) is 0 Å². The van der Waals surface area contributed by atoms with E-state index < -0.39 is 0 Å². The van der Waals surface area contributed by atoms with Crippen molar-refractivity contribution in [3.63, 3.8) is 0 Å². The monoisotopic (exact) mass is 305 g/mol. The molecule has 1 atom stereocenters. The van der Waals surface area contributed by atoms with Crippen LogP contribution in [0, 0.1) is 16.4 Å². The molecule has 2 nitrogen and oxygen atoms in total. The maximum atomic E-state index is 8.87. The lowest BCUT2D eigenvalue weighted by molar-refractivity contribution is 0.244. The van der Waals surface area contributed by atoms with E-state index in [0.29, 0.717) is 5.92 Å². The van der Waals surface area contributed by atoms with Crippen molar-refractivity contribution >= 4 is 28.3 Å². The summed E-state index contributed by atoms with van der Waals surface area (Å²) in [5.41, 5.74) is 2.42. The minimum Gasteiger partial charge on any atom is -0.396 e. The summed E-state index contributed by atoms with van der Waals surface area (Å²) in [5.74, 6) is 0.300. The number of aryl methyl sites for hydroxylation is 1. The van der Waals surface area contributed by atoms with Crippen molar-refractivity contribution in [2.75, 3.05) is 18.5 Å². The first-order valence-electron chi connectivity index (χ1n) is 4.74. The highest BCUT2D eigenvalue weighted by Gasteiger charge is 2.00. The van der Waals surface area contributed by atoms with Crippen LogP contribution in [-0.2, 0) is 0 Å². The van der Waals surface area contributed by atoms with Gasteiger partial charge in [0.25, 0.3) is 0 Å². The molecule has 1 aromatic carbocycles. The molecule has 0 saturated carbocycles. The van der Waals surface area contributed by atoms with Gasteiger partial charge in [-0.1, -0.05) is 13.0 Å². The molecule has 0 aliphatic carbocycles. The summed E-state index contributed by atoms with van der Waals surface area (Å²) < 4.78 is 1.27. The highest BCUT2D eigenvalue weighted by molar-refractivity contribution is 14.1. The Morgan fingerprint density at radius 3 is 2.79 bits per heavy atom. The fourth-order valence-electron chi connectivity index (χ4n) is 1.06. The zero-order chi connectivity index (χ0) is 10.6. The highest BCUT2D eigenvalue weighted by atomic mass is 127. The number of nitrogens with one attached hydrogen (secondary N) is 1. The van der Waals surface area contributed by atoms with Gasteiger partial charge in [-0.05, 0) is 53.1 Å². The van der Waals surface area contributed by atoms with Crippen molar-refractivity contribution in [2.24, 2.45) is 5.92 Å². The molecule has 1 unspecified atom stereocenters. The first-order chi connectivity index (χ1) is 6.63. The molecule has 0 amide bonds. The average molecular weight is 305 g/mol. The average Bonchev–Trinajstić information content (AvgIpc) is 2.19. The van der Waals surface area contributed by atoms with E-state index in [1.54, 1.807) is 0 Å². The molecular weight excluding hydrogens is 289 g/mol. The molecule has 0 aliphatic rings. The van der Waals surface area contributed by atoms with Crippen LogP contribution in [0.5, 0.6) is 0 Å². The number of aliphatic hydroxyl groups is 1. The van der Waals surface area contributed by atoms with Crippen molar-refractivity contribution in [3.05, 3.63) is 27.3 Å². The van der Waals surface area contributed by atoms with Crippen LogP contribution in [0.1, 0.15) is 12.5 Å². The first kappa shape index (κ1) is 11.8. The van der Waals surface area contributed by atoms with Crippen LogP contribution in [0.15, 0.2) is 18.2 Å². The van der Waals surface area contributed by atoms with E-state index in [1.807, 2.05) is 6.92 Å². The number of hydrogen-bond donors (Lipinski definition) is 2. The molecule has 3 heteroatoms. The third-order valence-corrected chi connectivity index (χ3v) is 3.30. The molecule has 0 radical (unpaired) electrons. The summed E-state index contributed by atoms with van der Waals surface area (Å²) in [6, 6.07) is 6.30. The van der Waals surface area contributed by atoms with Crippen LogP contribution in [0.25, 0.3) is 0 Å². The van der Waals surface area contributed by atoms with Crippen LogP contribution < -0.4 is 5.32 Å². The summed E-state index contributed by atoms with van der Waals surface area (Å²) >= 11 is 2.33. The number of aliphatic hydroxyl groups excluding tert-OH is 1. The van der Waals surface area contributed by atoms with Gasteiger partial charge in [-0.3, -0.25) is 0 Å². The van der Waals surface area contributed by atoms with Crippen LogP contribution >= 0.6 is 22.6 Å². The molecule has 2 N–H and O–H groups in total. The molecule has 0 spiro atoms. The van der Waals surface area contributed by atoms with Crippen molar-refractivity contribution in [3.8, 4) is 0 Å². The van der Waals surface area contributed by atoms with Crippen molar-refractivity contribution in [1.29, 1.82) is 0 Å². The van der Waals surface area contributed by atoms with Crippen LogP contribution in [0.3, 0.4) is 0 Å². The molecule has 0 saturated heterocycles. The Kier molecular flexibility index (Phi) is 4.68. The Balaban J connectivity index is 2.55. The van der Waals surface area contributed by atoms with Crippen LogP contribution in [0.2, 0.25) is 0 Å². The second kappa shape index (κ2) is 5.56. The molecule has 1 rings (SSSR count). The minimum absolute atomic E-state index is 0.232. The Hall–Kier alpha value is -0.290. The molecule has 0 heterocycles. The maximum Gasteiger partial charge on any atom is 0.0473 e. The Bertz CT molecular complexity index is 301. The van der Waals surface area contributed by atoms with Gasteiger partial charge in [0.05, 0.1) is 0 Å². The molecular formula is C11H16INO. The SMILES string of the molecule is Cc1ccc(NCC(C)CO)cc1I. The third-order valence-electron chi connectivity index (χ3n) is 2.14. The molecule has 14 heavy (non-hydrogen) atoms. The summed E-state index contributed by atoms with van der Waals surface area (Å²) in [5, 5.41) is 12.2. The van der Waals surface area contributed by atoms with Gasteiger partial charge in [0.2, 0.25) is 0 Å². The van der Waals surface area contributed by atoms with E-state index in [1.165, 1.54) is 9.13 Å². The lowest BCUT2D eigenvalue weighted by atomic mass is 10.2. The maximum absolute atomic E-state index is 8.87. The fraction of sp³-hybridized carbons (Fsp3) is 0.455. The highest BCUT2D eigenvalue weighted by Crippen LogP contribution is 2.17. The van der Waals surface area contributed by atoms with E-state index in [0.717, 1.165) is 12.2 Å². The minimum atomic E-state index is 0.232. The summed E-state index contributed by atoms with van der Waals surface area (Å²) in [6.45, 7) is 5.17. The van der Waals surface area contributed by atoms with E-state index >= 15 is 0 Å². The van der Waals surface area contributed by atoms with Gasteiger partial charge in [0.1, 0.15) is 0 Å².